The predicted molar refractivity (Wildman–Crippen MR) is 108 cm³/mol. The second-order valence-corrected chi connectivity index (χ2v) is 8.78. The van der Waals surface area contributed by atoms with Crippen molar-refractivity contribution in [3.8, 4) is 10.4 Å². The highest BCUT2D eigenvalue weighted by Gasteiger charge is 2.45. The monoisotopic (exact) mass is 456 g/mol. The summed E-state index contributed by atoms with van der Waals surface area (Å²) in [4.78, 5) is 16.6. The third-order valence-corrected chi connectivity index (χ3v) is 5.91. The molecule has 0 spiro atoms. The summed E-state index contributed by atoms with van der Waals surface area (Å²) in [6.45, 7) is -0.564. The minimum absolute atomic E-state index is 0.183. The minimum Gasteiger partial charge on any atom is -0.308 e. The Labute approximate surface area is 174 Å². The van der Waals surface area contributed by atoms with Gasteiger partial charge < -0.3 is 10.6 Å². The van der Waals surface area contributed by atoms with Crippen LogP contribution in [0.25, 0.3) is 10.4 Å². The van der Waals surface area contributed by atoms with Crippen LogP contribution in [-0.2, 0) is 16.6 Å². The van der Waals surface area contributed by atoms with Gasteiger partial charge in [-0.1, -0.05) is 30.3 Å². The van der Waals surface area contributed by atoms with Crippen LogP contribution < -0.4 is 15.4 Å². The van der Waals surface area contributed by atoms with Gasteiger partial charge >= 0.3 is 21.6 Å². The Bertz CT molecular complexity index is 1120. The standard InChI is InChI=1S/C18H15F3N4O3S2/c19-18(20,21)30(27,28)23-11-16-22-10-15(29-16)12-6-8-14(9-7-12)25-17(26)24-13-4-2-1-3-5-13/h1-10,23H,11H2,(H2,24,25,26). The number of thiazole rings is 1. The molecule has 0 fully saturated rings. The molecule has 0 unspecified atom stereocenters. The maximum atomic E-state index is 12.4. The molecule has 30 heavy (non-hydrogen) atoms. The lowest BCUT2D eigenvalue weighted by molar-refractivity contribution is -0.0448. The van der Waals surface area contributed by atoms with Crippen LogP contribution in [0.4, 0.5) is 29.3 Å². The summed E-state index contributed by atoms with van der Waals surface area (Å²) in [5.41, 5.74) is -3.48. The summed E-state index contributed by atoms with van der Waals surface area (Å²) in [7, 11) is -5.42. The molecule has 2 amide bonds. The molecule has 158 valence electrons. The van der Waals surface area contributed by atoms with Crippen molar-refractivity contribution < 1.29 is 26.4 Å². The largest absolute Gasteiger partial charge is 0.511 e. The second kappa shape index (κ2) is 8.81. The van der Waals surface area contributed by atoms with Gasteiger partial charge in [-0.2, -0.15) is 13.2 Å². The number of urea groups is 1. The number of halogens is 3. The van der Waals surface area contributed by atoms with E-state index >= 15 is 0 Å². The van der Waals surface area contributed by atoms with E-state index < -0.39 is 28.1 Å². The van der Waals surface area contributed by atoms with Gasteiger partial charge in [0.2, 0.25) is 0 Å². The number of sulfonamides is 1. The Morgan fingerprint density at radius 2 is 1.57 bits per heavy atom. The fourth-order valence-corrected chi connectivity index (χ4v) is 3.74. The van der Waals surface area contributed by atoms with Crippen LogP contribution in [0.5, 0.6) is 0 Å². The maximum Gasteiger partial charge on any atom is 0.511 e. The average molecular weight is 456 g/mol. The highest BCUT2D eigenvalue weighted by atomic mass is 32.2. The number of amides is 2. The Morgan fingerprint density at radius 1 is 0.967 bits per heavy atom. The third-order valence-electron chi connectivity index (χ3n) is 3.73. The molecule has 3 N–H and O–H groups in total. The minimum atomic E-state index is -5.42. The summed E-state index contributed by atoms with van der Waals surface area (Å²) in [6.07, 6.45) is 1.44. The number of alkyl halides is 3. The number of hydrogen-bond donors (Lipinski definition) is 3. The molecule has 1 aromatic heterocycles. The molecule has 12 heteroatoms. The van der Waals surface area contributed by atoms with E-state index in [-0.39, 0.29) is 5.01 Å². The Hall–Kier alpha value is -2.96. The van der Waals surface area contributed by atoms with Crippen LogP contribution in [0, 0.1) is 0 Å². The summed E-state index contributed by atoms with van der Waals surface area (Å²) < 4.78 is 60.6. The van der Waals surface area contributed by atoms with Crippen LogP contribution in [-0.4, -0.2) is 24.9 Å². The molecule has 0 saturated heterocycles. The molecule has 0 atom stereocenters. The smallest absolute Gasteiger partial charge is 0.308 e. The molecule has 7 nitrogen and oxygen atoms in total. The number of aromatic nitrogens is 1. The van der Waals surface area contributed by atoms with Gasteiger partial charge in [0.1, 0.15) is 5.01 Å². The molecule has 0 bridgehead atoms. The zero-order chi connectivity index (χ0) is 21.8. The van der Waals surface area contributed by atoms with Crippen LogP contribution in [0.15, 0.2) is 60.8 Å². The van der Waals surface area contributed by atoms with Crippen LogP contribution >= 0.6 is 11.3 Å². The molecular formula is C18H15F3N4O3S2. The van der Waals surface area contributed by atoms with E-state index in [2.05, 4.69) is 15.6 Å². The number of hydrogen-bond acceptors (Lipinski definition) is 5. The Balaban J connectivity index is 1.59. The predicted octanol–water partition coefficient (Wildman–Crippen LogP) is 4.39. The number of nitrogens with one attached hydrogen (secondary N) is 3. The number of rotatable bonds is 6. The fourth-order valence-electron chi connectivity index (χ4n) is 2.30. The summed E-state index contributed by atoms with van der Waals surface area (Å²) >= 11 is 1.05. The van der Waals surface area contributed by atoms with E-state index in [0.29, 0.717) is 21.8 Å². The van der Waals surface area contributed by atoms with E-state index in [4.69, 9.17) is 0 Å². The molecule has 0 radical (unpaired) electrons. The van der Waals surface area contributed by atoms with Crippen molar-refractivity contribution in [2.45, 2.75) is 12.1 Å². The normalized spacial score (nSPS) is 11.8. The zero-order valence-electron chi connectivity index (χ0n) is 15.1. The third kappa shape index (κ3) is 5.55. The quantitative estimate of drug-likeness (QED) is 0.512. The van der Waals surface area contributed by atoms with Crippen molar-refractivity contribution in [3.05, 3.63) is 65.8 Å². The van der Waals surface area contributed by atoms with Gasteiger partial charge in [-0.25, -0.2) is 22.9 Å². The summed E-state index contributed by atoms with van der Waals surface area (Å²) in [5.74, 6) is 0. The molecule has 0 saturated carbocycles. The van der Waals surface area contributed by atoms with Gasteiger partial charge in [-0.3, -0.25) is 0 Å². The van der Waals surface area contributed by atoms with Crippen LogP contribution in [0.1, 0.15) is 5.01 Å². The number of anilines is 2. The van der Waals surface area contributed by atoms with E-state index in [1.54, 1.807) is 48.5 Å². The molecule has 3 rings (SSSR count). The van der Waals surface area contributed by atoms with Crippen LogP contribution in [0.2, 0.25) is 0 Å². The van der Waals surface area contributed by atoms with E-state index in [1.807, 2.05) is 6.07 Å². The lowest BCUT2D eigenvalue weighted by atomic mass is 10.2. The molecule has 0 aliphatic rings. The molecule has 0 aliphatic carbocycles. The molecule has 3 aromatic rings. The molecule has 0 aliphatic heterocycles. The first-order valence-electron chi connectivity index (χ1n) is 8.38. The Morgan fingerprint density at radius 3 is 2.17 bits per heavy atom. The Kier molecular flexibility index (Phi) is 6.39. The first kappa shape index (κ1) is 21.7. The van der Waals surface area contributed by atoms with Gasteiger partial charge in [0.05, 0.1) is 11.4 Å². The lowest BCUT2D eigenvalue weighted by Crippen LogP contribution is -2.35. The highest BCUT2D eigenvalue weighted by molar-refractivity contribution is 7.90. The van der Waals surface area contributed by atoms with Gasteiger partial charge in [0.25, 0.3) is 0 Å². The van der Waals surface area contributed by atoms with E-state index in [1.165, 1.54) is 10.9 Å². The zero-order valence-corrected chi connectivity index (χ0v) is 16.7. The first-order valence-corrected chi connectivity index (χ1v) is 10.7. The molecule has 2 aromatic carbocycles. The topological polar surface area (TPSA) is 100 Å². The summed E-state index contributed by atoms with van der Waals surface area (Å²) in [6, 6.07) is 15.2. The van der Waals surface area contributed by atoms with Crippen molar-refractivity contribution in [3.63, 3.8) is 0 Å². The van der Waals surface area contributed by atoms with Crippen molar-refractivity contribution >= 4 is 38.8 Å². The maximum absolute atomic E-state index is 12.4. The number of nitrogens with zero attached hydrogens (tertiary/aromatic N) is 1. The van der Waals surface area contributed by atoms with Gasteiger partial charge in [0, 0.05) is 17.6 Å². The van der Waals surface area contributed by atoms with Gasteiger partial charge in [-0.15, -0.1) is 11.3 Å². The average Bonchev–Trinajstić information content (AvgIpc) is 3.16. The highest BCUT2D eigenvalue weighted by Crippen LogP contribution is 2.28. The first-order chi connectivity index (χ1) is 14.1. The van der Waals surface area contributed by atoms with Crippen molar-refractivity contribution in [2.75, 3.05) is 10.6 Å². The van der Waals surface area contributed by atoms with E-state index in [0.717, 1.165) is 11.3 Å². The SMILES string of the molecule is O=C(Nc1ccccc1)Nc1ccc(-c2cnc(CNS(=O)(=O)C(F)(F)F)s2)cc1. The van der Waals surface area contributed by atoms with Crippen molar-refractivity contribution in [2.24, 2.45) is 0 Å². The number of para-hydroxylation sites is 1. The number of carbonyl (C=O) groups excluding carboxylic acids is 1. The van der Waals surface area contributed by atoms with Crippen LogP contribution in [0.3, 0.4) is 0 Å². The lowest BCUT2D eigenvalue weighted by Gasteiger charge is -2.08. The van der Waals surface area contributed by atoms with Gasteiger partial charge in [-0.05, 0) is 29.8 Å². The fraction of sp³-hybridized carbons (Fsp3) is 0.111. The number of carbonyl (C=O) groups is 1. The second-order valence-electron chi connectivity index (χ2n) is 5.91. The molecule has 1 heterocycles. The summed E-state index contributed by atoms with van der Waals surface area (Å²) in [5, 5.41) is 5.55. The number of benzene rings is 2. The van der Waals surface area contributed by atoms with E-state index in [9.17, 15) is 26.4 Å². The van der Waals surface area contributed by atoms with Crippen molar-refractivity contribution in [1.29, 1.82) is 0 Å². The van der Waals surface area contributed by atoms with Gasteiger partial charge in [0.15, 0.2) is 0 Å². The molecular weight excluding hydrogens is 441 g/mol. The van der Waals surface area contributed by atoms with Crippen molar-refractivity contribution in [1.82, 2.24) is 9.71 Å².